The molecule has 150 valence electrons. The Morgan fingerprint density at radius 3 is 2.93 bits per heavy atom. The second-order valence-electron chi connectivity index (χ2n) is 8.51. The molecule has 2 N–H and O–H groups in total. The summed E-state index contributed by atoms with van der Waals surface area (Å²) in [6.07, 6.45) is 2.96. The van der Waals surface area contributed by atoms with Gasteiger partial charge in [-0.2, -0.15) is 0 Å². The fraction of sp³-hybridized carbons (Fsp3) is 0.591. The number of H-pyrrole nitrogens is 1. The summed E-state index contributed by atoms with van der Waals surface area (Å²) in [5.74, 6) is 0.860. The van der Waals surface area contributed by atoms with Crippen molar-refractivity contribution in [3.8, 4) is 5.75 Å². The standard InChI is InChI=1S/C22H28N2O4/c1-27-18-5-3-4-15-19(18)13-8-9-24-11-12-6-7-17(25)20(22(26)28-2)14(12)10-16(24)21(13)23-15/h3-5,12,14,16-17,20,23,25H,6-11H2,1-2H3/t12-,14-,16+,17-,20+/m1/s1. The average molecular weight is 384 g/mol. The summed E-state index contributed by atoms with van der Waals surface area (Å²) in [7, 11) is 3.15. The van der Waals surface area contributed by atoms with Crippen LogP contribution in [0.4, 0.5) is 0 Å². The van der Waals surface area contributed by atoms with Gasteiger partial charge in [0, 0.05) is 29.7 Å². The van der Waals surface area contributed by atoms with Crippen LogP contribution in [0.5, 0.6) is 5.75 Å². The lowest BCUT2D eigenvalue weighted by Crippen LogP contribution is -2.53. The summed E-state index contributed by atoms with van der Waals surface area (Å²) in [6, 6.07) is 6.39. The van der Waals surface area contributed by atoms with Crippen LogP contribution in [0.2, 0.25) is 0 Å². The van der Waals surface area contributed by atoms with Gasteiger partial charge >= 0.3 is 5.97 Å². The number of piperidine rings is 1. The first-order valence-electron chi connectivity index (χ1n) is 10.3. The van der Waals surface area contributed by atoms with E-state index in [0.29, 0.717) is 12.3 Å². The Morgan fingerprint density at radius 1 is 1.29 bits per heavy atom. The molecule has 2 fully saturated rings. The van der Waals surface area contributed by atoms with Crippen LogP contribution in [0, 0.1) is 17.8 Å². The van der Waals surface area contributed by atoms with Gasteiger partial charge in [-0.1, -0.05) is 6.07 Å². The number of nitrogens with zero attached hydrogens (tertiary/aromatic N) is 1. The van der Waals surface area contributed by atoms with E-state index in [1.807, 2.05) is 12.1 Å². The van der Waals surface area contributed by atoms with Crippen molar-refractivity contribution in [2.75, 3.05) is 27.3 Å². The van der Waals surface area contributed by atoms with Gasteiger partial charge < -0.3 is 19.6 Å². The lowest BCUT2D eigenvalue weighted by Gasteiger charge is -2.50. The van der Waals surface area contributed by atoms with E-state index in [1.54, 1.807) is 7.11 Å². The maximum atomic E-state index is 12.4. The number of hydrogen-bond acceptors (Lipinski definition) is 5. The number of ether oxygens (including phenoxy) is 2. The van der Waals surface area contributed by atoms with Crippen LogP contribution in [0.25, 0.3) is 10.9 Å². The molecule has 5 rings (SSSR count). The third-order valence-corrected chi connectivity index (χ3v) is 7.32. The highest BCUT2D eigenvalue weighted by molar-refractivity contribution is 5.91. The number of aliphatic hydroxyl groups is 1. The number of carbonyl (C=O) groups is 1. The summed E-state index contributed by atoms with van der Waals surface area (Å²) >= 11 is 0. The smallest absolute Gasteiger partial charge is 0.311 e. The van der Waals surface area contributed by atoms with Crippen molar-refractivity contribution < 1.29 is 19.4 Å². The van der Waals surface area contributed by atoms with Crippen LogP contribution in [0.15, 0.2) is 18.2 Å². The van der Waals surface area contributed by atoms with Gasteiger partial charge in [-0.25, -0.2) is 0 Å². The van der Waals surface area contributed by atoms with Crippen LogP contribution in [0.1, 0.15) is 36.6 Å². The van der Waals surface area contributed by atoms with Crippen molar-refractivity contribution in [1.29, 1.82) is 0 Å². The van der Waals surface area contributed by atoms with Crippen molar-refractivity contribution in [2.24, 2.45) is 17.8 Å². The molecule has 0 bridgehead atoms. The Bertz CT molecular complexity index is 907. The first-order chi connectivity index (χ1) is 13.6. The fourth-order valence-corrected chi connectivity index (χ4v) is 6.04. The van der Waals surface area contributed by atoms with Crippen LogP contribution in [-0.4, -0.2) is 54.4 Å². The van der Waals surface area contributed by atoms with Gasteiger partial charge in [-0.15, -0.1) is 0 Å². The average Bonchev–Trinajstić information content (AvgIpc) is 3.11. The Labute approximate surface area is 164 Å². The highest BCUT2D eigenvalue weighted by Crippen LogP contribution is 2.50. The molecule has 5 atom stereocenters. The number of rotatable bonds is 2. The number of benzene rings is 1. The zero-order valence-corrected chi connectivity index (χ0v) is 16.5. The first-order valence-corrected chi connectivity index (χ1v) is 10.3. The SMILES string of the molecule is COC(=O)[C@H]1[C@@H]2C[C@H]3c4[nH]c5cccc(OC)c5c4CCN3C[C@H]2CC[C@H]1O. The zero-order chi connectivity index (χ0) is 19.4. The Morgan fingerprint density at radius 2 is 2.14 bits per heavy atom. The summed E-state index contributed by atoms with van der Waals surface area (Å²) in [5.41, 5.74) is 3.72. The third kappa shape index (κ3) is 2.58. The minimum atomic E-state index is -0.592. The number of carbonyl (C=O) groups excluding carboxylic acids is 1. The highest BCUT2D eigenvalue weighted by atomic mass is 16.5. The van der Waals surface area contributed by atoms with Gasteiger partial charge in [0.2, 0.25) is 0 Å². The number of hydrogen-bond donors (Lipinski definition) is 2. The van der Waals surface area contributed by atoms with Crippen LogP contribution in [0.3, 0.4) is 0 Å². The molecule has 1 saturated carbocycles. The Hall–Kier alpha value is -2.05. The van der Waals surface area contributed by atoms with Crippen LogP contribution >= 0.6 is 0 Å². The molecule has 28 heavy (non-hydrogen) atoms. The molecule has 3 heterocycles. The van der Waals surface area contributed by atoms with E-state index in [0.717, 1.165) is 43.6 Å². The molecule has 1 aromatic carbocycles. The number of nitrogens with one attached hydrogen (secondary N) is 1. The summed E-state index contributed by atoms with van der Waals surface area (Å²) in [6.45, 7) is 2.01. The molecule has 1 saturated heterocycles. The van der Waals surface area contributed by atoms with E-state index in [4.69, 9.17) is 9.47 Å². The van der Waals surface area contributed by atoms with E-state index >= 15 is 0 Å². The first kappa shape index (κ1) is 18.0. The molecule has 0 amide bonds. The molecule has 2 aromatic rings. The molecular formula is C22H28N2O4. The summed E-state index contributed by atoms with van der Waals surface area (Å²) in [5, 5.41) is 11.7. The molecule has 1 aliphatic carbocycles. The minimum absolute atomic E-state index is 0.164. The predicted molar refractivity (Wildman–Crippen MR) is 105 cm³/mol. The Balaban J connectivity index is 1.54. The molecule has 6 nitrogen and oxygen atoms in total. The molecule has 1 aromatic heterocycles. The maximum absolute atomic E-state index is 12.4. The summed E-state index contributed by atoms with van der Waals surface area (Å²) < 4.78 is 10.7. The molecule has 3 aliphatic rings. The van der Waals surface area contributed by atoms with Crippen molar-refractivity contribution in [3.05, 3.63) is 29.5 Å². The zero-order valence-electron chi connectivity index (χ0n) is 16.5. The van der Waals surface area contributed by atoms with Crippen molar-refractivity contribution >= 4 is 16.9 Å². The topological polar surface area (TPSA) is 74.8 Å². The van der Waals surface area contributed by atoms with E-state index in [9.17, 15) is 9.90 Å². The number of aromatic nitrogens is 1. The number of aliphatic hydroxyl groups excluding tert-OH is 1. The number of fused-ring (bicyclic) bond motifs is 6. The van der Waals surface area contributed by atoms with Crippen LogP contribution < -0.4 is 4.74 Å². The number of aromatic amines is 1. The highest BCUT2D eigenvalue weighted by Gasteiger charge is 2.49. The van der Waals surface area contributed by atoms with Crippen LogP contribution in [-0.2, 0) is 16.0 Å². The second-order valence-corrected chi connectivity index (χ2v) is 8.51. The van der Waals surface area contributed by atoms with Crippen molar-refractivity contribution in [3.63, 3.8) is 0 Å². The van der Waals surface area contributed by atoms with Gasteiger partial charge in [-0.05, 0) is 55.2 Å². The minimum Gasteiger partial charge on any atom is -0.496 e. The fourth-order valence-electron chi connectivity index (χ4n) is 6.04. The largest absolute Gasteiger partial charge is 0.496 e. The molecule has 0 unspecified atom stereocenters. The molecular weight excluding hydrogens is 356 g/mol. The molecule has 0 spiro atoms. The molecule has 0 radical (unpaired) electrons. The van der Waals surface area contributed by atoms with Gasteiger partial charge in [-0.3, -0.25) is 9.69 Å². The maximum Gasteiger partial charge on any atom is 0.311 e. The van der Waals surface area contributed by atoms with Gasteiger partial charge in [0.1, 0.15) is 5.75 Å². The summed E-state index contributed by atoms with van der Waals surface area (Å²) in [4.78, 5) is 18.7. The quantitative estimate of drug-likeness (QED) is 0.779. The van der Waals surface area contributed by atoms with Gasteiger partial charge in [0.15, 0.2) is 0 Å². The van der Waals surface area contributed by atoms with Gasteiger partial charge in [0.05, 0.1) is 32.3 Å². The number of esters is 1. The molecule has 2 aliphatic heterocycles. The number of methoxy groups -OCH3 is 2. The normalized spacial score (nSPS) is 32.3. The van der Waals surface area contributed by atoms with Crippen molar-refractivity contribution in [1.82, 2.24) is 9.88 Å². The monoisotopic (exact) mass is 384 g/mol. The van der Waals surface area contributed by atoms with Gasteiger partial charge in [0.25, 0.3) is 0 Å². The van der Waals surface area contributed by atoms with Crippen molar-refractivity contribution in [2.45, 2.75) is 37.8 Å². The second kappa shape index (κ2) is 6.78. The van der Waals surface area contributed by atoms with E-state index in [-0.39, 0.29) is 17.9 Å². The lowest BCUT2D eigenvalue weighted by atomic mass is 9.65. The van der Waals surface area contributed by atoms with E-state index < -0.39 is 12.0 Å². The van der Waals surface area contributed by atoms with E-state index in [2.05, 4.69) is 16.0 Å². The third-order valence-electron chi connectivity index (χ3n) is 7.32. The van der Waals surface area contributed by atoms with E-state index in [1.165, 1.54) is 23.8 Å². The Kier molecular flexibility index (Phi) is 4.36. The molecule has 6 heteroatoms. The lowest BCUT2D eigenvalue weighted by molar-refractivity contribution is -0.160. The predicted octanol–water partition coefficient (Wildman–Crippen LogP) is 2.66.